The molecule has 0 amide bonds. The summed E-state index contributed by atoms with van der Waals surface area (Å²) in [6.07, 6.45) is 9.94. The van der Waals surface area contributed by atoms with Crippen molar-refractivity contribution < 1.29 is 9.47 Å². The quantitative estimate of drug-likeness (QED) is 0.485. The zero-order valence-corrected chi connectivity index (χ0v) is 18.4. The van der Waals surface area contributed by atoms with Crippen LogP contribution in [0.15, 0.2) is 48.5 Å². The van der Waals surface area contributed by atoms with E-state index < -0.39 is 0 Å². The van der Waals surface area contributed by atoms with Gasteiger partial charge in [-0.15, -0.1) is 0 Å². The molecule has 30 heavy (non-hydrogen) atoms. The molecular weight excluding hydrogens is 370 g/mol. The van der Waals surface area contributed by atoms with Gasteiger partial charge in [0.05, 0.1) is 18.2 Å². The summed E-state index contributed by atoms with van der Waals surface area (Å²) in [5.41, 5.74) is 11.9. The second kappa shape index (κ2) is 10.6. The maximum atomic E-state index is 6.34. The summed E-state index contributed by atoms with van der Waals surface area (Å²) >= 11 is 0. The van der Waals surface area contributed by atoms with Crippen molar-refractivity contribution in [3.05, 3.63) is 70.8 Å². The fourth-order valence-corrected chi connectivity index (χ4v) is 5.09. The Labute approximate surface area is 182 Å². The molecule has 2 aromatic carbocycles. The molecule has 4 rings (SSSR count). The number of unbranched alkanes of at least 4 members (excludes halogenated alkanes) is 5. The highest BCUT2D eigenvalue weighted by molar-refractivity contribution is 5.37. The number of nitrogens with two attached hydrogens (primary N) is 1. The standard InChI is InChI=1S/C27H37NO2/c1-20-23-14-8-6-12-21(23)18-25(20)29-16-10-4-2-3-5-11-17-30-26-19-22-13-7-9-15-24(22)27(26)28/h6-9,12-15,20,25-27H,2-5,10-11,16-19,28H2,1H3/t20-,25+,26+,27-/m0/s1. The molecule has 2 aliphatic rings. The molecule has 0 heterocycles. The van der Waals surface area contributed by atoms with E-state index in [1.807, 2.05) is 0 Å². The third-order valence-corrected chi connectivity index (χ3v) is 6.96. The number of fused-ring (bicyclic) bond motifs is 2. The molecule has 2 aromatic rings. The van der Waals surface area contributed by atoms with Crippen LogP contribution in [0.1, 0.15) is 79.7 Å². The number of ether oxygens (including phenoxy) is 2. The van der Waals surface area contributed by atoms with Crippen molar-refractivity contribution in [1.29, 1.82) is 0 Å². The topological polar surface area (TPSA) is 44.5 Å². The van der Waals surface area contributed by atoms with Crippen molar-refractivity contribution in [2.75, 3.05) is 13.2 Å². The van der Waals surface area contributed by atoms with E-state index in [1.165, 1.54) is 54.4 Å². The summed E-state index contributed by atoms with van der Waals surface area (Å²) in [6, 6.07) is 17.3. The second-order valence-corrected chi connectivity index (χ2v) is 9.06. The Morgan fingerprint density at radius 1 is 0.700 bits per heavy atom. The maximum Gasteiger partial charge on any atom is 0.0808 e. The number of hydrogen-bond donors (Lipinski definition) is 1. The van der Waals surface area contributed by atoms with E-state index in [-0.39, 0.29) is 12.1 Å². The van der Waals surface area contributed by atoms with E-state index in [9.17, 15) is 0 Å². The molecule has 0 fully saturated rings. The minimum Gasteiger partial charge on any atom is -0.377 e. The van der Waals surface area contributed by atoms with Crippen LogP contribution in [0.3, 0.4) is 0 Å². The van der Waals surface area contributed by atoms with Crippen molar-refractivity contribution in [1.82, 2.24) is 0 Å². The normalized spacial score (nSPS) is 24.7. The van der Waals surface area contributed by atoms with Gasteiger partial charge in [-0.05, 0) is 41.5 Å². The molecule has 0 aromatic heterocycles. The molecule has 2 aliphatic carbocycles. The van der Waals surface area contributed by atoms with Gasteiger partial charge in [-0.1, -0.05) is 81.1 Å². The highest BCUT2D eigenvalue weighted by Crippen LogP contribution is 2.34. The first-order valence-corrected chi connectivity index (χ1v) is 11.9. The Hall–Kier alpha value is -1.68. The SMILES string of the molecule is C[C@H]1c2ccccc2C[C@H]1OCCCCCCCCO[C@@H]1Cc2ccccc2[C@@H]1N. The number of hydrogen-bond acceptors (Lipinski definition) is 3. The summed E-state index contributed by atoms with van der Waals surface area (Å²) in [6.45, 7) is 4.03. The third kappa shape index (κ3) is 5.14. The Morgan fingerprint density at radius 3 is 1.83 bits per heavy atom. The fraction of sp³-hybridized carbons (Fsp3) is 0.556. The maximum absolute atomic E-state index is 6.34. The Morgan fingerprint density at radius 2 is 1.20 bits per heavy atom. The Bertz CT molecular complexity index is 737. The second-order valence-electron chi connectivity index (χ2n) is 9.06. The lowest BCUT2D eigenvalue weighted by atomic mass is 10.0. The summed E-state index contributed by atoms with van der Waals surface area (Å²) < 4.78 is 12.3. The van der Waals surface area contributed by atoms with Gasteiger partial charge in [0, 0.05) is 25.6 Å². The highest BCUT2D eigenvalue weighted by Gasteiger charge is 2.30. The first-order chi connectivity index (χ1) is 14.7. The molecule has 162 valence electrons. The minimum absolute atomic E-state index is 0.0385. The minimum atomic E-state index is 0.0385. The number of benzene rings is 2. The molecule has 0 aliphatic heterocycles. The van der Waals surface area contributed by atoms with Crippen LogP contribution in [0.25, 0.3) is 0 Å². The zero-order valence-electron chi connectivity index (χ0n) is 18.4. The molecule has 0 saturated carbocycles. The van der Waals surface area contributed by atoms with Gasteiger partial charge in [0.1, 0.15) is 0 Å². The van der Waals surface area contributed by atoms with Crippen LogP contribution in [0.4, 0.5) is 0 Å². The number of rotatable bonds is 11. The molecule has 0 spiro atoms. The predicted octanol–water partition coefficient (Wildman–Crippen LogP) is 5.71. The highest BCUT2D eigenvalue weighted by atomic mass is 16.5. The monoisotopic (exact) mass is 407 g/mol. The van der Waals surface area contributed by atoms with Crippen LogP contribution in [0.5, 0.6) is 0 Å². The summed E-state index contributed by atoms with van der Waals surface area (Å²) in [4.78, 5) is 0. The molecule has 3 nitrogen and oxygen atoms in total. The van der Waals surface area contributed by atoms with Crippen molar-refractivity contribution in [3.8, 4) is 0 Å². The van der Waals surface area contributed by atoms with E-state index in [0.717, 1.165) is 32.5 Å². The van der Waals surface area contributed by atoms with Crippen LogP contribution >= 0.6 is 0 Å². The fourth-order valence-electron chi connectivity index (χ4n) is 5.09. The lowest BCUT2D eigenvalue weighted by Crippen LogP contribution is -2.25. The van der Waals surface area contributed by atoms with Crippen molar-refractivity contribution in [2.45, 2.75) is 82.5 Å². The average molecular weight is 408 g/mol. The molecule has 0 radical (unpaired) electrons. The van der Waals surface area contributed by atoms with E-state index >= 15 is 0 Å². The van der Waals surface area contributed by atoms with E-state index in [2.05, 4.69) is 55.5 Å². The lowest BCUT2D eigenvalue weighted by molar-refractivity contribution is 0.0403. The Kier molecular flexibility index (Phi) is 7.59. The largest absolute Gasteiger partial charge is 0.377 e. The van der Waals surface area contributed by atoms with Gasteiger partial charge < -0.3 is 15.2 Å². The van der Waals surface area contributed by atoms with Crippen molar-refractivity contribution in [3.63, 3.8) is 0 Å². The predicted molar refractivity (Wildman–Crippen MR) is 123 cm³/mol. The molecule has 0 saturated heterocycles. The molecular formula is C27H37NO2. The van der Waals surface area contributed by atoms with Crippen LogP contribution in [-0.4, -0.2) is 25.4 Å². The van der Waals surface area contributed by atoms with Gasteiger partial charge in [-0.25, -0.2) is 0 Å². The van der Waals surface area contributed by atoms with Crippen molar-refractivity contribution >= 4 is 0 Å². The molecule has 4 atom stereocenters. The van der Waals surface area contributed by atoms with Crippen LogP contribution in [0.2, 0.25) is 0 Å². The third-order valence-electron chi connectivity index (χ3n) is 6.96. The first-order valence-electron chi connectivity index (χ1n) is 11.9. The molecule has 2 N–H and O–H groups in total. The molecule has 3 heteroatoms. The smallest absolute Gasteiger partial charge is 0.0808 e. The average Bonchev–Trinajstić information content (AvgIpc) is 3.26. The summed E-state index contributed by atoms with van der Waals surface area (Å²) in [5.74, 6) is 0.530. The van der Waals surface area contributed by atoms with Gasteiger partial charge in [-0.3, -0.25) is 0 Å². The van der Waals surface area contributed by atoms with Crippen LogP contribution in [0, 0.1) is 0 Å². The first kappa shape index (κ1) is 21.5. The van der Waals surface area contributed by atoms with Crippen LogP contribution < -0.4 is 5.73 Å². The van der Waals surface area contributed by atoms with E-state index in [1.54, 1.807) is 0 Å². The van der Waals surface area contributed by atoms with Gasteiger partial charge >= 0.3 is 0 Å². The molecule has 0 unspecified atom stereocenters. The Balaban J connectivity index is 1.00. The van der Waals surface area contributed by atoms with Crippen LogP contribution in [-0.2, 0) is 22.3 Å². The van der Waals surface area contributed by atoms with E-state index in [4.69, 9.17) is 15.2 Å². The van der Waals surface area contributed by atoms with E-state index in [0.29, 0.717) is 12.0 Å². The van der Waals surface area contributed by atoms with Gasteiger partial charge in [-0.2, -0.15) is 0 Å². The molecule has 0 bridgehead atoms. The summed E-state index contributed by atoms with van der Waals surface area (Å²) in [7, 11) is 0. The zero-order chi connectivity index (χ0) is 20.8. The van der Waals surface area contributed by atoms with Gasteiger partial charge in [0.25, 0.3) is 0 Å². The summed E-state index contributed by atoms with van der Waals surface area (Å²) in [5, 5.41) is 0. The van der Waals surface area contributed by atoms with Gasteiger partial charge in [0.15, 0.2) is 0 Å². The van der Waals surface area contributed by atoms with Crippen molar-refractivity contribution in [2.24, 2.45) is 5.73 Å². The van der Waals surface area contributed by atoms with Gasteiger partial charge in [0.2, 0.25) is 0 Å². The lowest BCUT2D eigenvalue weighted by Gasteiger charge is -2.17.